The number of fused-ring (bicyclic) bond motifs is 1. The summed E-state index contributed by atoms with van der Waals surface area (Å²) >= 11 is 0. The number of ether oxygens (including phenoxy) is 1. The van der Waals surface area contributed by atoms with Crippen molar-refractivity contribution in [2.24, 2.45) is 0 Å². The third kappa shape index (κ3) is 3.31. The summed E-state index contributed by atoms with van der Waals surface area (Å²) < 4.78 is 10.4. The van der Waals surface area contributed by atoms with Crippen LogP contribution in [0.1, 0.15) is 22.7 Å². The summed E-state index contributed by atoms with van der Waals surface area (Å²) in [6, 6.07) is 14.4. The Bertz CT molecular complexity index is 994. The standard InChI is InChI=1S/C20H17N3O4/c1-26-14-8-6-13(7-9-14)20-21-18(27-22-20)12-19(25)23-11-10-17(24)15-4-2-3-5-16(15)23/h2-9H,10-12H2,1H3. The first kappa shape index (κ1) is 17.0. The molecule has 2 aromatic carbocycles. The molecule has 7 heteroatoms. The molecule has 1 amide bonds. The third-order valence-corrected chi connectivity index (χ3v) is 4.48. The predicted octanol–water partition coefficient (Wildman–Crippen LogP) is 2.91. The van der Waals surface area contributed by atoms with Gasteiger partial charge in [0.05, 0.1) is 12.8 Å². The minimum absolute atomic E-state index is 0.0221. The SMILES string of the molecule is COc1ccc(-c2noc(CC(=O)N3CCC(=O)c4ccccc43)n2)cc1. The van der Waals surface area contributed by atoms with Crippen LogP contribution in [0.25, 0.3) is 11.4 Å². The van der Waals surface area contributed by atoms with Crippen LogP contribution in [0.15, 0.2) is 53.1 Å². The summed E-state index contributed by atoms with van der Waals surface area (Å²) in [5, 5.41) is 3.94. The maximum atomic E-state index is 12.7. The molecule has 1 aliphatic rings. The van der Waals surface area contributed by atoms with Gasteiger partial charge in [0.2, 0.25) is 17.6 Å². The van der Waals surface area contributed by atoms with E-state index >= 15 is 0 Å². The Kier molecular flexibility index (Phi) is 4.42. The highest BCUT2D eigenvalue weighted by Crippen LogP contribution is 2.27. The molecule has 27 heavy (non-hydrogen) atoms. The van der Waals surface area contributed by atoms with Gasteiger partial charge in [-0.3, -0.25) is 9.59 Å². The number of aromatic nitrogens is 2. The van der Waals surface area contributed by atoms with Gasteiger partial charge in [-0.25, -0.2) is 0 Å². The molecule has 0 spiro atoms. The Hall–Kier alpha value is -3.48. The second-order valence-corrected chi connectivity index (χ2v) is 6.15. The molecule has 7 nitrogen and oxygen atoms in total. The number of carbonyl (C=O) groups is 2. The maximum Gasteiger partial charge on any atom is 0.236 e. The van der Waals surface area contributed by atoms with Gasteiger partial charge in [0.1, 0.15) is 12.2 Å². The number of hydrogen-bond acceptors (Lipinski definition) is 6. The summed E-state index contributed by atoms with van der Waals surface area (Å²) in [5.41, 5.74) is 1.97. The smallest absolute Gasteiger partial charge is 0.236 e. The average molecular weight is 363 g/mol. The second kappa shape index (κ2) is 7.03. The molecule has 0 unspecified atom stereocenters. The molecule has 1 aromatic heterocycles. The number of para-hydroxylation sites is 1. The van der Waals surface area contributed by atoms with Crippen LogP contribution < -0.4 is 9.64 Å². The van der Waals surface area contributed by atoms with Crippen molar-refractivity contribution >= 4 is 17.4 Å². The zero-order chi connectivity index (χ0) is 18.8. The monoisotopic (exact) mass is 363 g/mol. The molecular formula is C20H17N3O4. The fourth-order valence-corrected chi connectivity index (χ4v) is 3.08. The fraction of sp³-hybridized carbons (Fsp3) is 0.200. The van der Waals surface area contributed by atoms with Crippen molar-refractivity contribution in [1.82, 2.24) is 10.1 Å². The average Bonchev–Trinajstić information content (AvgIpc) is 3.17. The third-order valence-electron chi connectivity index (χ3n) is 4.48. The molecule has 0 fully saturated rings. The van der Waals surface area contributed by atoms with Gasteiger partial charge in [-0.2, -0.15) is 4.98 Å². The molecule has 0 saturated carbocycles. The number of rotatable bonds is 4. The Labute approximate surface area is 155 Å². The van der Waals surface area contributed by atoms with Crippen LogP contribution in [0.2, 0.25) is 0 Å². The number of benzene rings is 2. The van der Waals surface area contributed by atoms with Crippen molar-refractivity contribution in [3.63, 3.8) is 0 Å². The van der Waals surface area contributed by atoms with E-state index in [0.717, 1.165) is 11.3 Å². The van der Waals surface area contributed by atoms with Gasteiger partial charge in [-0.1, -0.05) is 17.3 Å². The van der Waals surface area contributed by atoms with E-state index in [1.54, 1.807) is 42.3 Å². The highest BCUT2D eigenvalue weighted by atomic mass is 16.5. The van der Waals surface area contributed by atoms with Crippen LogP contribution in [0.3, 0.4) is 0 Å². The summed E-state index contributed by atoms with van der Waals surface area (Å²) in [7, 11) is 1.60. The maximum absolute atomic E-state index is 12.7. The summed E-state index contributed by atoms with van der Waals surface area (Å²) in [6.45, 7) is 0.355. The molecule has 0 radical (unpaired) electrons. The molecule has 2 heterocycles. The van der Waals surface area contributed by atoms with E-state index in [-0.39, 0.29) is 24.0 Å². The molecule has 136 valence electrons. The highest BCUT2D eigenvalue weighted by Gasteiger charge is 2.28. The highest BCUT2D eigenvalue weighted by molar-refractivity contribution is 6.08. The van der Waals surface area contributed by atoms with Gasteiger partial charge in [0.15, 0.2) is 5.78 Å². The molecule has 3 aromatic rings. The van der Waals surface area contributed by atoms with Crippen molar-refractivity contribution in [3.8, 4) is 17.1 Å². The lowest BCUT2D eigenvalue weighted by atomic mass is 10.00. The van der Waals surface area contributed by atoms with Crippen molar-refractivity contribution < 1.29 is 18.8 Å². The van der Waals surface area contributed by atoms with E-state index in [1.165, 1.54) is 0 Å². The number of anilines is 1. The van der Waals surface area contributed by atoms with E-state index in [9.17, 15) is 9.59 Å². The van der Waals surface area contributed by atoms with E-state index in [1.807, 2.05) is 18.2 Å². The second-order valence-electron chi connectivity index (χ2n) is 6.15. The Morgan fingerprint density at radius 3 is 2.74 bits per heavy atom. The van der Waals surface area contributed by atoms with Crippen molar-refractivity contribution in [2.75, 3.05) is 18.6 Å². The van der Waals surface area contributed by atoms with Crippen LogP contribution in [0.5, 0.6) is 5.75 Å². The lowest BCUT2D eigenvalue weighted by molar-refractivity contribution is -0.118. The first-order valence-electron chi connectivity index (χ1n) is 8.55. The van der Waals surface area contributed by atoms with Gasteiger partial charge < -0.3 is 14.2 Å². The number of carbonyl (C=O) groups excluding carboxylic acids is 2. The minimum atomic E-state index is -0.181. The normalized spacial score (nSPS) is 13.4. The number of hydrogen-bond donors (Lipinski definition) is 0. The lowest BCUT2D eigenvalue weighted by Gasteiger charge is -2.28. The number of ketones is 1. The molecule has 4 rings (SSSR count). The van der Waals surface area contributed by atoms with Gasteiger partial charge in [0.25, 0.3) is 0 Å². The van der Waals surface area contributed by atoms with Gasteiger partial charge >= 0.3 is 0 Å². The Balaban J connectivity index is 1.51. The van der Waals surface area contributed by atoms with Crippen molar-refractivity contribution in [2.45, 2.75) is 12.8 Å². The molecule has 0 bridgehead atoms. The molecule has 1 aliphatic heterocycles. The van der Waals surface area contributed by atoms with Gasteiger partial charge in [0, 0.05) is 24.1 Å². The summed E-state index contributed by atoms with van der Waals surface area (Å²) in [6.07, 6.45) is 0.287. The molecule has 0 N–H and O–H groups in total. The van der Waals surface area contributed by atoms with Crippen molar-refractivity contribution in [3.05, 3.63) is 60.0 Å². The predicted molar refractivity (Wildman–Crippen MR) is 97.7 cm³/mol. The summed E-state index contributed by atoms with van der Waals surface area (Å²) in [5.74, 6) is 1.25. The van der Waals surface area contributed by atoms with Crippen LogP contribution in [-0.4, -0.2) is 35.5 Å². The Morgan fingerprint density at radius 2 is 1.96 bits per heavy atom. The minimum Gasteiger partial charge on any atom is -0.497 e. The molecule has 0 saturated heterocycles. The number of methoxy groups -OCH3 is 1. The molecule has 0 aliphatic carbocycles. The van der Waals surface area contributed by atoms with Crippen LogP contribution in [-0.2, 0) is 11.2 Å². The first-order chi connectivity index (χ1) is 13.2. The molecular weight excluding hydrogens is 346 g/mol. The van der Waals surface area contributed by atoms with E-state index in [0.29, 0.717) is 30.0 Å². The number of Topliss-reactive ketones (excluding diaryl/α,β-unsaturated/α-hetero) is 1. The summed E-state index contributed by atoms with van der Waals surface area (Å²) in [4.78, 5) is 30.7. The number of nitrogens with zero attached hydrogens (tertiary/aromatic N) is 3. The fourth-order valence-electron chi connectivity index (χ4n) is 3.08. The van der Waals surface area contributed by atoms with E-state index in [4.69, 9.17) is 9.26 Å². The van der Waals surface area contributed by atoms with Crippen LogP contribution >= 0.6 is 0 Å². The van der Waals surface area contributed by atoms with Crippen LogP contribution in [0.4, 0.5) is 5.69 Å². The lowest BCUT2D eigenvalue weighted by Crippen LogP contribution is -2.38. The van der Waals surface area contributed by atoms with Gasteiger partial charge in [-0.15, -0.1) is 0 Å². The van der Waals surface area contributed by atoms with E-state index in [2.05, 4.69) is 10.1 Å². The zero-order valence-corrected chi connectivity index (χ0v) is 14.7. The molecule has 0 atom stereocenters. The number of amides is 1. The topological polar surface area (TPSA) is 85.5 Å². The zero-order valence-electron chi connectivity index (χ0n) is 14.7. The van der Waals surface area contributed by atoms with E-state index < -0.39 is 0 Å². The van der Waals surface area contributed by atoms with Crippen LogP contribution in [0, 0.1) is 0 Å². The Morgan fingerprint density at radius 1 is 1.19 bits per heavy atom. The first-order valence-corrected chi connectivity index (χ1v) is 8.55. The quantitative estimate of drug-likeness (QED) is 0.708. The largest absolute Gasteiger partial charge is 0.497 e. The van der Waals surface area contributed by atoms with Gasteiger partial charge in [-0.05, 0) is 36.4 Å². The van der Waals surface area contributed by atoms with Crippen molar-refractivity contribution in [1.29, 1.82) is 0 Å².